The Morgan fingerprint density at radius 3 is 2.49 bits per heavy atom. The molecule has 1 saturated heterocycles. The van der Waals surface area contributed by atoms with Crippen molar-refractivity contribution in [2.24, 2.45) is 0 Å². The van der Waals surface area contributed by atoms with Crippen LogP contribution in [0.15, 0.2) is 60.3 Å². The second kappa shape index (κ2) is 10.5. The summed E-state index contributed by atoms with van der Waals surface area (Å²) in [7, 11) is 0. The number of allylic oxidation sites excluding steroid dienone is 1. The molecule has 2 heterocycles. The third kappa shape index (κ3) is 5.49. The van der Waals surface area contributed by atoms with Crippen LogP contribution in [0.4, 0.5) is 0 Å². The number of ether oxygens (including phenoxy) is 1. The molecule has 3 aromatic rings. The Kier molecular flexibility index (Phi) is 7.10. The minimum atomic E-state index is -0.964. The third-order valence-corrected chi connectivity index (χ3v) is 7.58. The number of nitrogens with one attached hydrogen (secondary N) is 4. The van der Waals surface area contributed by atoms with Crippen LogP contribution in [0, 0.1) is 0 Å². The minimum absolute atomic E-state index is 0.198. The number of carbonyl (C=O) groups is 4. The first-order chi connectivity index (χ1) is 18.7. The van der Waals surface area contributed by atoms with Gasteiger partial charge in [-0.1, -0.05) is 42.5 Å². The highest BCUT2D eigenvalue weighted by Gasteiger charge is 2.46. The number of Topliss-reactive ketones (excluding diaryl/α,β-unsaturated/α-hetero) is 1. The van der Waals surface area contributed by atoms with E-state index in [0.29, 0.717) is 18.6 Å². The van der Waals surface area contributed by atoms with Crippen LogP contribution in [-0.2, 0) is 36.8 Å². The number of fused-ring (bicyclic) bond motifs is 2. The zero-order valence-electron chi connectivity index (χ0n) is 22.2. The highest BCUT2D eigenvalue weighted by molar-refractivity contribution is 6.05. The Morgan fingerprint density at radius 1 is 1.03 bits per heavy atom. The Labute approximate surface area is 226 Å². The van der Waals surface area contributed by atoms with E-state index < -0.39 is 29.5 Å². The summed E-state index contributed by atoms with van der Waals surface area (Å²) in [6.07, 6.45) is 2.51. The van der Waals surface area contributed by atoms with Gasteiger partial charge < -0.3 is 25.7 Å². The van der Waals surface area contributed by atoms with Crippen molar-refractivity contribution >= 4 is 40.0 Å². The molecule has 0 saturated carbocycles. The van der Waals surface area contributed by atoms with Crippen LogP contribution in [0.25, 0.3) is 16.5 Å². The van der Waals surface area contributed by atoms with Gasteiger partial charge >= 0.3 is 0 Å². The third-order valence-electron chi connectivity index (χ3n) is 7.58. The van der Waals surface area contributed by atoms with Gasteiger partial charge in [-0.15, -0.1) is 0 Å². The number of carbonyl (C=O) groups excluding carboxylic acids is 4. The summed E-state index contributed by atoms with van der Waals surface area (Å²) in [4.78, 5) is 55.0. The fraction of sp³-hybridized carbons (Fsp3) is 0.333. The molecular formula is C30H32N4O5. The number of H-pyrrole nitrogens is 1. The van der Waals surface area contributed by atoms with Gasteiger partial charge in [0.05, 0.1) is 13.2 Å². The minimum Gasteiger partial charge on any atom is -0.362 e. The first-order valence-electron chi connectivity index (χ1n) is 13.1. The quantitative estimate of drug-likeness (QED) is 0.300. The molecule has 39 heavy (non-hydrogen) atoms. The van der Waals surface area contributed by atoms with Crippen LogP contribution < -0.4 is 16.0 Å². The van der Waals surface area contributed by atoms with Crippen LogP contribution in [0.1, 0.15) is 37.5 Å². The average molecular weight is 529 g/mol. The molecule has 5 rings (SSSR count). The Morgan fingerprint density at radius 2 is 1.74 bits per heavy atom. The van der Waals surface area contributed by atoms with Crippen molar-refractivity contribution in [1.82, 2.24) is 20.9 Å². The summed E-state index contributed by atoms with van der Waals surface area (Å²) >= 11 is 0. The number of hydrogen-bond acceptors (Lipinski definition) is 5. The fourth-order valence-electron chi connectivity index (χ4n) is 4.90. The van der Waals surface area contributed by atoms with Gasteiger partial charge in [0.15, 0.2) is 5.78 Å². The van der Waals surface area contributed by atoms with Gasteiger partial charge in [-0.25, -0.2) is 0 Å². The van der Waals surface area contributed by atoms with Crippen molar-refractivity contribution < 1.29 is 23.9 Å². The van der Waals surface area contributed by atoms with Crippen molar-refractivity contribution in [2.75, 3.05) is 13.2 Å². The lowest BCUT2D eigenvalue weighted by atomic mass is 10.0. The molecule has 202 valence electrons. The lowest BCUT2D eigenvalue weighted by Gasteiger charge is -2.21. The van der Waals surface area contributed by atoms with E-state index in [4.69, 9.17) is 4.74 Å². The topological polar surface area (TPSA) is 133 Å². The van der Waals surface area contributed by atoms with Gasteiger partial charge in [0.25, 0.3) is 0 Å². The summed E-state index contributed by atoms with van der Waals surface area (Å²) in [5.74, 6) is -1.53. The van der Waals surface area contributed by atoms with E-state index in [-0.39, 0.29) is 24.7 Å². The molecule has 3 atom stereocenters. The predicted molar refractivity (Wildman–Crippen MR) is 147 cm³/mol. The zero-order valence-corrected chi connectivity index (χ0v) is 22.2. The van der Waals surface area contributed by atoms with E-state index in [1.807, 2.05) is 55.5 Å². The number of aromatic amines is 1. The second-order valence-corrected chi connectivity index (χ2v) is 10.4. The number of hydrogen-bond donors (Lipinski definition) is 4. The SMILES string of the molecule is CC1=C(C(=O)N[C@H](C)C(=O)N[C@@H](Cc2c[nH]c3ccccc23)C(=O)NCC(=O)[C@@]2(C)CO2)Cc2ccccc21. The van der Waals surface area contributed by atoms with E-state index in [9.17, 15) is 19.2 Å². The monoisotopic (exact) mass is 528 g/mol. The van der Waals surface area contributed by atoms with Gasteiger partial charge in [0, 0.05) is 35.5 Å². The van der Waals surface area contributed by atoms with Crippen molar-refractivity contribution in [3.63, 3.8) is 0 Å². The Balaban J connectivity index is 1.27. The van der Waals surface area contributed by atoms with Crippen molar-refractivity contribution in [3.05, 3.63) is 77.0 Å². The van der Waals surface area contributed by atoms with E-state index in [2.05, 4.69) is 20.9 Å². The summed E-state index contributed by atoms with van der Waals surface area (Å²) in [6, 6.07) is 13.7. The molecule has 0 spiro atoms. The smallest absolute Gasteiger partial charge is 0.248 e. The predicted octanol–water partition coefficient (Wildman–Crippen LogP) is 2.20. The van der Waals surface area contributed by atoms with Crippen LogP contribution in [-0.4, -0.2) is 59.3 Å². The molecule has 9 heteroatoms. The van der Waals surface area contributed by atoms with Crippen LogP contribution in [0.3, 0.4) is 0 Å². The maximum absolute atomic E-state index is 13.2. The maximum atomic E-state index is 13.2. The van der Waals surface area contributed by atoms with E-state index in [0.717, 1.165) is 33.2 Å². The Bertz CT molecular complexity index is 1500. The average Bonchev–Trinajstić information content (AvgIpc) is 3.42. The number of aromatic nitrogens is 1. The molecule has 3 amide bonds. The summed E-state index contributed by atoms with van der Waals surface area (Å²) in [6.45, 7) is 5.30. The zero-order chi connectivity index (χ0) is 27.7. The Hall–Kier alpha value is -4.24. The molecule has 9 nitrogen and oxygen atoms in total. The fourth-order valence-corrected chi connectivity index (χ4v) is 4.90. The summed E-state index contributed by atoms with van der Waals surface area (Å²) in [5, 5.41) is 9.15. The number of benzene rings is 2. The number of amides is 3. The number of epoxide rings is 1. The van der Waals surface area contributed by atoms with E-state index >= 15 is 0 Å². The summed E-state index contributed by atoms with van der Waals surface area (Å²) in [5.41, 5.74) is 4.53. The van der Waals surface area contributed by atoms with Gasteiger partial charge in [-0.05, 0) is 49.1 Å². The lowest BCUT2D eigenvalue weighted by Crippen LogP contribution is -2.54. The normalized spacial score (nSPS) is 19.3. The van der Waals surface area contributed by atoms with E-state index in [1.54, 1.807) is 20.0 Å². The number of para-hydroxylation sites is 1. The van der Waals surface area contributed by atoms with Gasteiger partial charge in [0.2, 0.25) is 17.7 Å². The molecule has 2 aliphatic rings. The van der Waals surface area contributed by atoms with Crippen molar-refractivity contribution in [3.8, 4) is 0 Å². The van der Waals surface area contributed by atoms with Crippen LogP contribution in [0.2, 0.25) is 0 Å². The highest BCUT2D eigenvalue weighted by atomic mass is 16.6. The van der Waals surface area contributed by atoms with Crippen molar-refractivity contribution in [2.45, 2.75) is 51.3 Å². The summed E-state index contributed by atoms with van der Waals surface area (Å²) < 4.78 is 5.17. The molecule has 0 radical (unpaired) electrons. The van der Waals surface area contributed by atoms with Gasteiger partial charge in [0.1, 0.15) is 17.7 Å². The number of ketones is 1. The van der Waals surface area contributed by atoms with Gasteiger partial charge in [-0.2, -0.15) is 0 Å². The molecule has 0 bridgehead atoms. The van der Waals surface area contributed by atoms with Crippen LogP contribution in [0.5, 0.6) is 0 Å². The molecule has 1 fully saturated rings. The molecule has 1 aliphatic carbocycles. The second-order valence-electron chi connectivity index (χ2n) is 10.4. The van der Waals surface area contributed by atoms with Crippen molar-refractivity contribution in [1.29, 1.82) is 0 Å². The molecule has 0 unspecified atom stereocenters. The first-order valence-corrected chi connectivity index (χ1v) is 13.1. The van der Waals surface area contributed by atoms with Gasteiger partial charge in [-0.3, -0.25) is 19.2 Å². The maximum Gasteiger partial charge on any atom is 0.248 e. The van der Waals surface area contributed by atoms with E-state index in [1.165, 1.54) is 0 Å². The molecule has 4 N–H and O–H groups in total. The first kappa shape index (κ1) is 26.4. The number of rotatable bonds is 10. The molecule has 1 aliphatic heterocycles. The molecular weight excluding hydrogens is 496 g/mol. The lowest BCUT2D eigenvalue weighted by molar-refractivity contribution is -0.132. The molecule has 2 aromatic carbocycles. The largest absolute Gasteiger partial charge is 0.362 e. The molecule has 1 aromatic heterocycles. The van der Waals surface area contributed by atoms with Crippen LogP contribution >= 0.6 is 0 Å². The highest BCUT2D eigenvalue weighted by Crippen LogP contribution is 2.32. The standard InChI is InChI=1S/C30H32N4O5/c1-17-21-9-5-4-8-19(21)12-23(17)28(37)33-18(2)27(36)34-25(29(38)32-15-26(35)30(3)16-39-30)13-20-14-31-24-11-7-6-10-22(20)24/h4-11,14,18,25,31H,12-13,15-16H2,1-3H3,(H,32,38)(H,33,37)(H,34,36)/t18-,25+,30-/m1/s1.